The van der Waals surface area contributed by atoms with Crippen LogP contribution in [0.15, 0.2) is 24.3 Å². The SMILES string of the molecule is CNC(=O)c1cccc(C(=O)NC(C)(C)C)c1. The Morgan fingerprint density at radius 3 is 2.06 bits per heavy atom. The quantitative estimate of drug-likeness (QED) is 0.816. The normalized spacial score (nSPS) is 10.8. The van der Waals surface area contributed by atoms with Crippen LogP contribution in [-0.2, 0) is 0 Å². The second kappa shape index (κ2) is 4.99. The standard InChI is InChI=1S/C13H18N2O2/c1-13(2,3)15-12(17)10-7-5-6-9(8-10)11(16)14-4/h5-8H,1-4H3,(H,14,16)(H,15,17). The van der Waals surface area contributed by atoms with Crippen molar-refractivity contribution < 1.29 is 9.59 Å². The summed E-state index contributed by atoms with van der Waals surface area (Å²) < 4.78 is 0. The van der Waals surface area contributed by atoms with Crippen molar-refractivity contribution in [2.45, 2.75) is 26.3 Å². The van der Waals surface area contributed by atoms with E-state index in [2.05, 4.69) is 10.6 Å². The molecule has 0 aliphatic heterocycles. The van der Waals surface area contributed by atoms with E-state index in [9.17, 15) is 9.59 Å². The van der Waals surface area contributed by atoms with E-state index in [-0.39, 0.29) is 17.4 Å². The maximum absolute atomic E-state index is 11.9. The molecule has 0 spiro atoms. The number of hydrogen-bond donors (Lipinski definition) is 2. The molecule has 0 saturated carbocycles. The van der Waals surface area contributed by atoms with Gasteiger partial charge in [-0.2, -0.15) is 0 Å². The van der Waals surface area contributed by atoms with Gasteiger partial charge >= 0.3 is 0 Å². The number of carbonyl (C=O) groups excluding carboxylic acids is 2. The molecule has 1 rings (SSSR count). The summed E-state index contributed by atoms with van der Waals surface area (Å²) in [5.41, 5.74) is 0.676. The second-order valence-electron chi connectivity index (χ2n) is 4.86. The van der Waals surface area contributed by atoms with Gasteiger partial charge in [-0.15, -0.1) is 0 Å². The lowest BCUT2D eigenvalue weighted by Crippen LogP contribution is -2.40. The monoisotopic (exact) mass is 234 g/mol. The van der Waals surface area contributed by atoms with Gasteiger partial charge in [-0.05, 0) is 39.0 Å². The minimum atomic E-state index is -0.292. The highest BCUT2D eigenvalue weighted by molar-refractivity contribution is 5.99. The Hall–Kier alpha value is -1.84. The Morgan fingerprint density at radius 2 is 1.59 bits per heavy atom. The molecule has 2 amide bonds. The van der Waals surface area contributed by atoms with E-state index in [0.717, 1.165) is 0 Å². The van der Waals surface area contributed by atoms with E-state index >= 15 is 0 Å². The highest BCUT2D eigenvalue weighted by Gasteiger charge is 2.16. The van der Waals surface area contributed by atoms with Crippen LogP contribution in [0.1, 0.15) is 41.5 Å². The van der Waals surface area contributed by atoms with Gasteiger partial charge in [-0.3, -0.25) is 9.59 Å². The molecule has 0 aliphatic carbocycles. The highest BCUT2D eigenvalue weighted by Crippen LogP contribution is 2.08. The zero-order chi connectivity index (χ0) is 13.1. The second-order valence-corrected chi connectivity index (χ2v) is 4.86. The molecule has 0 fully saturated rings. The van der Waals surface area contributed by atoms with Gasteiger partial charge in [-0.1, -0.05) is 6.07 Å². The van der Waals surface area contributed by atoms with Gasteiger partial charge < -0.3 is 10.6 Å². The van der Waals surface area contributed by atoms with Crippen LogP contribution in [0.4, 0.5) is 0 Å². The molecule has 92 valence electrons. The first-order valence-electron chi connectivity index (χ1n) is 5.48. The van der Waals surface area contributed by atoms with Crippen LogP contribution in [0, 0.1) is 0 Å². The van der Waals surface area contributed by atoms with Crippen molar-refractivity contribution in [2.24, 2.45) is 0 Å². The average Bonchev–Trinajstić information content (AvgIpc) is 2.26. The number of benzene rings is 1. The minimum absolute atomic E-state index is 0.178. The molecule has 4 heteroatoms. The van der Waals surface area contributed by atoms with E-state index in [1.807, 2.05) is 20.8 Å². The Labute approximate surface area is 101 Å². The molecule has 17 heavy (non-hydrogen) atoms. The molecule has 4 nitrogen and oxygen atoms in total. The summed E-state index contributed by atoms with van der Waals surface area (Å²) in [7, 11) is 1.56. The lowest BCUT2D eigenvalue weighted by atomic mass is 10.1. The number of amides is 2. The van der Waals surface area contributed by atoms with Gasteiger partial charge in [0.1, 0.15) is 0 Å². The van der Waals surface area contributed by atoms with Gasteiger partial charge in [0.25, 0.3) is 11.8 Å². The van der Waals surface area contributed by atoms with Crippen molar-refractivity contribution in [3.8, 4) is 0 Å². The van der Waals surface area contributed by atoms with Crippen molar-refractivity contribution in [2.75, 3.05) is 7.05 Å². The molecule has 1 aromatic rings. The molecular weight excluding hydrogens is 216 g/mol. The summed E-state index contributed by atoms with van der Waals surface area (Å²) in [6.07, 6.45) is 0. The smallest absolute Gasteiger partial charge is 0.251 e. The molecule has 2 N–H and O–H groups in total. The van der Waals surface area contributed by atoms with E-state index in [1.165, 1.54) is 0 Å². The van der Waals surface area contributed by atoms with Crippen LogP contribution in [0.25, 0.3) is 0 Å². The topological polar surface area (TPSA) is 58.2 Å². The van der Waals surface area contributed by atoms with Crippen LogP contribution < -0.4 is 10.6 Å². The first-order chi connectivity index (χ1) is 7.83. The molecule has 0 bridgehead atoms. The third kappa shape index (κ3) is 3.90. The molecule has 0 aromatic heterocycles. The zero-order valence-corrected chi connectivity index (χ0v) is 10.6. The zero-order valence-electron chi connectivity index (χ0n) is 10.6. The number of nitrogens with one attached hydrogen (secondary N) is 2. The van der Waals surface area contributed by atoms with Gasteiger partial charge in [0, 0.05) is 23.7 Å². The molecule has 0 saturated heterocycles. The number of hydrogen-bond acceptors (Lipinski definition) is 2. The molecule has 0 radical (unpaired) electrons. The van der Waals surface area contributed by atoms with Gasteiger partial charge in [0.05, 0.1) is 0 Å². The van der Waals surface area contributed by atoms with Gasteiger partial charge in [0.15, 0.2) is 0 Å². The number of rotatable bonds is 2. The van der Waals surface area contributed by atoms with Crippen LogP contribution in [0.5, 0.6) is 0 Å². The predicted octanol–water partition coefficient (Wildman–Crippen LogP) is 1.57. The van der Waals surface area contributed by atoms with Crippen molar-refractivity contribution >= 4 is 11.8 Å². The fraction of sp³-hybridized carbons (Fsp3) is 0.385. The third-order valence-corrected chi connectivity index (χ3v) is 2.10. The average molecular weight is 234 g/mol. The fourth-order valence-electron chi connectivity index (χ4n) is 1.36. The molecule has 0 aliphatic rings. The summed E-state index contributed by atoms with van der Waals surface area (Å²) in [5.74, 6) is -0.376. The lowest BCUT2D eigenvalue weighted by Gasteiger charge is -2.20. The summed E-state index contributed by atoms with van der Waals surface area (Å²) in [6.45, 7) is 5.73. The Morgan fingerprint density at radius 1 is 1.06 bits per heavy atom. The van der Waals surface area contributed by atoms with Crippen molar-refractivity contribution in [1.82, 2.24) is 10.6 Å². The van der Waals surface area contributed by atoms with Crippen LogP contribution in [-0.4, -0.2) is 24.4 Å². The maximum Gasteiger partial charge on any atom is 0.251 e. The fourth-order valence-corrected chi connectivity index (χ4v) is 1.36. The van der Waals surface area contributed by atoms with Crippen LogP contribution in [0.3, 0.4) is 0 Å². The van der Waals surface area contributed by atoms with E-state index < -0.39 is 0 Å². The van der Waals surface area contributed by atoms with E-state index in [0.29, 0.717) is 11.1 Å². The van der Waals surface area contributed by atoms with Crippen LogP contribution >= 0.6 is 0 Å². The molecule has 0 unspecified atom stereocenters. The summed E-state index contributed by atoms with van der Waals surface area (Å²) in [6, 6.07) is 6.64. The highest BCUT2D eigenvalue weighted by atomic mass is 16.2. The summed E-state index contributed by atoms with van der Waals surface area (Å²) >= 11 is 0. The molecular formula is C13H18N2O2. The Kier molecular flexibility index (Phi) is 3.89. The Balaban J connectivity index is 2.92. The van der Waals surface area contributed by atoms with Crippen molar-refractivity contribution in [3.05, 3.63) is 35.4 Å². The van der Waals surface area contributed by atoms with E-state index in [1.54, 1.807) is 31.3 Å². The molecule has 0 atom stereocenters. The third-order valence-electron chi connectivity index (χ3n) is 2.10. The van der Waals surface area contributed by atoms with Crippen molar-refractivity contribution in [3.63, 3.8) is 0 Å². The largest absolute Gasteiger partial charge is 0.355 e. The van der Waals surface area contributed by atoms with Crippen molar-refractivity contribution in [1.29, 1.82) is 0 Å². The van der Waals surface area contributed by atoms with Gasteiger partial charge in [-0.25, -0.2) is 0 Å². The molecule has 1 aromatic carbocycles. The summed E-state index contributed by atoms with van der Waals surface area (Å²) in [5, 5.41) is 5.37. The van der Waals surface area contributed by atoms with Crippen LogP contribution in [0.2, 0.25) is 0 Å². The first-order valence-corrected chi connectivity index (χ1v) is 5.48. The molecule has 0 heterocycles. The van der Waals surface area contributed by atoms with Gasteiger partial charge in [0.2, 0.25) is 0 Å². The van der Waals surface area contributed by atoms with E-state index in [4.69, 9.17) is 0 Å². The first kappa shape index (κ1) is 13.2. The predicted molar refractivity (Wildman–Crippen MR) is 67.1 cm³/mol. The Bertz CT molecular complexity index is 433. The minimum Gasteiger partial charge on any atom is -0.355 e. The maximum atomic E-state index is 11.9. The number of carbonyl (C=O) groups is 2. The summed E-state index contributed by atoms with van der Waals surface area (Å²) in [4.78, 5) is 23.3. The lowest BCUT2D eigenvalue weighted by molar-refractivity contribution is 0.0919.